The van der Waals surface area contributed by atoms with Crippen LogP contribution >= 0.6 is 31.9 Å². The molecule has 1 saturated carbocycles. The quantitative estimate of drug-likeness (QED) is 0.751. The second kappa shape index (κ2) is 3.97. The van der Waals surface area contributed by atoms with Crippen LogP contribution in [0.15, 0.2) is 34.8 Å². The highest BCUT2D eigenvalue weighted by Gasteiger charge is 2.26. The summed E-state index contributed by atoms with van der Waals surface area (Å²) in [6.07, 6.45) is 2.64. The second-order valence-corrected chi connectivity index (χ2v) is 4.95. The zero-order valence-electron chi connectivity index (χ0n) is 7.13. The average Bonchev–Trinajstić information content (AvgIpc) is 3.00. The summed E-state index contributed by atoms with van der Waals surface area (Å²) in [5.74, 6) is 0.759. The largest absolute Gasteiger partial charge is 0.0622 e. The minimum absolute atomic E-state index is 0.759. The molecule has 0 bridgehead atoms. The number of halogens is 2. The molecule has 2 rings (SSSR count). The van der Waals surface area contributed by atoms with Crippen molar-refractivity contribution in [3.05, 3.63) is 40.4 Å². The molecule has 68 valence electrons. The number of benzene rings is 1. The monoisotopic (exact) mass is 300 g/mol. The second-order valence-electron chi connectivity index (χ2n) is 3.30. The lowest BCUT2D eigenvalue weighted by Gasteiger charge is -2.02. The van der Waals surface area contributed by atoms with Crippen LogP contribution in [-0.2, 0) is 0 Å². The van der Waals surface area contributed by atoms with Crippen LogP contribution in [0.1, 0.15) is 18.4 Å². The van der Waals surface area contributed by atoms with Gasteiger partial charge in [-0.2, -0.15) is 0 Å². The summed E-state index contributed by atoms with van der Waals surface area (Å²) in [4.78, 5) is 0. The maximum absolute atomic E-state index is 3.64. The van der Waals surface area contributed by atoms with Crippen molar-refractivity contribution in [3.63, 3.8) is 0 Å². The fourth-order valence-electron chi connectivity index (χ4n) is 1.24. The van der Waals surface area contributed by atoms with Gasteiger partial charge in [0.25, 0.3) is 0 Å². The molecule has 0 aliphatic heterocycles. The van der Waals surface area contributed by atoms with Gasteiger partial charge in [-0.25, -0.2) is 0 Å². The van der Waals surface area contributed by atoms with Gasteiger partial charge in [0.15, 0.2) is 0 Å². The lowest BCUT2D eigenvalue weighted by atomic mass is 10.2. The number of rotatable bonds is 2. The summed E-state index contributed by atoms with van der Waals surface area (Å²) in [6, 6.07) is 10.4. The first kappa shape index (κ1) is 9.47. The Morgan fingerprint density at radius 2 is 1.69 bits per heavy atom. The van der Waals surface area contributed by atoms with Gasteiger partial charge in [-0.15, -0.1) is 0 Å². The van der Waals surface area contributed by atoms with Crippen LogP contribution in [0.4, 0.5) is 0 Å². The Morgan fingerprint density at radius 3 is 2.23 bits per heavy atom. The molecule has 0 radical (unpaired) electrons. The Labute approximate surface area is 95.3 Å². The molecule has 1 fully saturated rings. The number of allylic oxidation sites excluding steroid dienone is 1. The van der Waals surface area contributed by atoms with E-state index >= 15 is 0 Å². The first-order chi connectivity index (χ1) is 6.29. The van der Waals surface area contributed by atoms with Crippen LogP contribution in [0.25, 0.3) is 4.48 Å². The first-order valence-electron chi connectivity index (χ1n) is 4.39. The molecule has 0 atom stereocenters. The molecular weight excluding hydrogens is 292 g/mol. The van der Waals surface area contributed by atoms with Gasteiger partial charge in [-0.05, 0) is 40.3 Å². The lowest BCUT2D eigenvalue weighted by molar-refractivity contribution is 1.11. The minimum Gasteiger partial charge on any atom is -0.0622 e. The van der Waals surface area contributed by atoms with E-state index in [1.54, 1.807) is 0 Å². The van der Waals surface area contributed by atoms with Crippen LogP contribution in [0.2, 0.25) is 0 Å². The van der Waals surface area contributed by atoms with E-state index in [2.05, 4.69) is 56.1 Å². The highest BCUT2D eigenvalue weighted by Crippen LogP contribution is 2.45. The summed E-state index contributed by atoms with van der Waals surface area (Å²) in [5.41, 5.74) is 1.25. The SMILES string of the molecule is BrC(=C(Br)C1CC1)c1ccccc1. The minimum atomic E-state index is 0.759. The Kier molecular flexibility index (Phi) is 2.89. The van der Waals surface area contributed by atoms with Gasteiger partial charge in [0.05, 0.1) is 0 Å². The molecule has 0 N–H and O–H groups in total. The molecule has 1 aliphatic carbocycles. The highest BCUT2D eigenvalue weighted by atomic mass is 79.9. The molecule has 0 unspecified atom stereocenters. The van der Waals surface area contributed by atoms with Gasteiger partial charge < -0.3 is 0 Å². The van der Waals surface area contributed by atoms with Gasteiger partial charge in [-0.1, -0.05) is 46.3 Å². The van der Waals surface area contributed by atoms with Gasteiger partial charge in [0.2, 0.25) is 0 Å². The molecule has 0 aromatic heterocycles. The van der Waals surface area contributed by atoms with Crippen LogP contribution in [-0.4, -0.2) is 0 Å². The van der Waals surface area contributed by atoms with E-state index in [1.165, 1.54) is 27.4 Å². The summed E-state index contributed by atoms with van der Waals surface area (Å²) in [5, 5.41) is 0. The van der Waals surface area contributed by atoms with Crippen LogP contribution in [0.5, 0.6) is 0 Å². The Balaban J connectivity index is 2.30. The van der Waals surface area contributed by atoms with Gasteiger partial charge in [0, 0.05) is 8.96 Å². The topological polar surface area (TPSA) is 0 Å². The van der Waals surface area contributed by atoms with Crippen LogP contribution < -0.4 is 0 Å². The van der Waals surface area contributed by atoms with E-state index in [0.717, 1.165) is 5.92 Å². The Morgan fingerprint density at radius 1 is 1.08 bits per heavy atom. The third-order valence-electron chi connectivity index (χ3n) is 2.17. The van der Waals surface area contributed by atoms with E-state index in [9.17, 15) is 0 Å². The van der Waals surface area contributed by atoms with E-state index in [0.29, 0.717) is 0 Å². The molecule has 1 aliphatic rings. The summed E-state index contributed by atoms with van der Waals surface area (Å²) >= 11 is 7.26. The fourth-order valence-corrected chi connectivity index (χ4v) is 2.51. The van der Waals surface area contributed by atoms with Crippen molar-refractivity contribution in [1.29, 1.82) is 0 Å². The van der Waals surface area contributed by atoms with Crippen molar-refractivity contribution in [3.8, 4) is 0 Å². The van der Waals surface area contributed by atoms with Crippen molar-refractivity contribution >= 4 is 36.3 Å². The van der Waals surface area contributed by atoms with E-state index in [4.69, 9.17) is 0 Å². The summed E-state index contributed by atoms with van der Waals surface area (Å²) in [7, 11) is 0. The van der Waals surface area contributed by atoms with E-state index in [1.807, 2.05) is 6.07 Å². The maximum Gasteiger partial charge on any atom is 0.0351 e. The molecule has 0 amide bonds. The molecule has 0 heterocycles. The molecule has 0 saturated heterocycles. The van der Waals surface area contributed by atoms with Crippen molar-refractivity contribution < 1.29 is 0 Å². The summed E-state index contributed by atoms with van der Waals surface area (Å²) in [6.45, 7) is 0. The fraction of sp³-hybridized carbons (Fsp3) is 0.273. The number of hydrogen-bond acceptors (Lipinski definition) is 0. The first-order valence-corrected chi connectivity index (χ1v) is 5.98. The molecular formula is C11H10Br2. The highest BCUT2D eigenvalue weighted by molar-refractivity contribution is 9.16. The number of hydrogen-bond donors (Lipinski definition) is 0. The van der Waals surface area contributed by atoms with Crippen molar-refractivity contribution in [2.24, 2.45) is 5.92 Å². The van der Waals surface area contributed by atoms with E-state index in [-0.39, 0.29) is 0 Å². The van der Waals surface area contributed by atoms with Gasteiger partial charge >= 0.3 is 0 Å². The van der Waals surface area contributed by atoms with Crippen LogP contribution in [0.3, 0.4) is 0 Å². The molecule has 13 heavy (non-hydrogen) atoms. The normalized spacial score (nSPS) is 18.3. The predicted octanol–water partition coefficient (Wildman–Crippen LogP) is 4.56. The third kappa shape index (κ3) is 2.23. The van der Waals surface area contributed by atoms with Gasteiger partial charge in [-0.3, -0.25) is 0 Å². The smallest absolute Gasteiger partial charge is 0.0351 e. The molecule has 0 spiro atoms. The third-order valence-corrected chi connectivity index (χ3v) is 4.63. The zero-order valence-corrected chi connectivity index (χ0v) is 10.3. The Hall–Kier alpha value is -0.0800. The standard InChI is InChI=1S/C11H10Br2/c12-10(11(13)9-6-7-9)8-4-2-1-3-5-8/h1-5,9H,6-7H2. The van der Waals surface area contributed by atoms with Gasteiger partial charge in [0.1, 0.15) is 0 Å². The molecule has 0 nitrogen and oxygen atoms in total. The van der Waals surface area contributed by atoms with Crippen molar-refractivity contribution in [1.82, 2.24) is 0 Å². The zero-order chi connectivity index (χ0) is 9.26. The Bertz CT molecular complexity index is 323. The average molecular weight is 302 g/mol. The van der Waals surface area contributed by atoms with E-state index < -0.39 is 0 Å². The molecule has 2 heteroatoms. The van der Waals surface area contributed by atoms with Crippen LogP contribution in [0, 0.1) is 5.92 Å². The van der Waals surface area contributed by atoms with Crippen molar-refractivity contribution in [2.45, 2.75) is 12.8 Å². The van der Waals surface area contributed by atoms with Crippen molar-refractivity contribution in [2.75, 3.05) is 0 Å². The maximum atomic E-state index is 3.64. The predicted molar refractivity (Wildman–Crippen MR) is 63.9 cm³/mol. The molecule has 1 aromatic rings. The molecule has 1 aromatic carbocycles. The lowest BCUT2D eigenvalue weighted by Crippen LogP contribution is -1.81. The summed E-state index contributed by atoms with van der Waals surface area (Å²) < 4.78 is 2.52.